The molecule has 28 heavy (non-hydrogen) atoms. The van der Waals surface area contributed by atoms with Crippen LogP contribution in [0.3, 0.4) is 0 Å². The van der Waals surface area contributed by atoms with Crippen LogP contribution in [-0.4, -0.2) is 35.0 Å². The Balaban J connectivity index is 1.74. The van der Waals surface area contributed by atoms with E-state index < -0.39 is 0 Å². The van der Waals surface area contributed by atoms with Gasteiger partial charge in [-0.05, 0) is 24.6 Å². The van der Waals surface area contributed by atoms with Gasteiger partial charge in [0.05, 0.1) is 0 Å². The maximum atomic E-state index is 6.29. The molecule has 3 aromatic rings. The molecular weight excluding hydrogens is 370 g/mol. The van der Waals surface area contributed by atoms with E-state index in [0.717, 1.165) is 34.7 Å². The molecule has 1 aromatic heterocycles. The number of nitrogens with zero attached hydrogens (tertiary/aromatic N) is 4. The Morgan fingerprint density at radius 2 is 1.86 bits per heavy atom. The molecule has 2 heterocycles. The van der Waals surface area contributed by atoms with Crippen LogP contribution in [0.4, 0.5) is 11.4 Å². The molecule has 144 valence electrons. The molecule has 1 aliphatic heterocycles. The van der Waals surface area contributed by atoms with Crippen LogP contribution < -0.4 is 15.0 Å². The number of anilines is 2. The summed E-state index contributed by atoms with van der Waals surface area (Å²) in [4.78, 5) is 6.72. The van der Waals surface area contributed by atoms with Crippen LogP contribution in [0.5, 0.6) is 5.88 Å². The minimum absolute atomic E-state index is 0.362. The van der Waals surface area contributed by atoms with Crippen molar-refractivity contribution in [2.24, 2.45) is 0 Å². The zero-order chi connectivity index (χ0) is 19.5. The van der Waals surface area contributed by atoms with Crippen molar-refractivity contribution in [3.8, 4) is 17.1 Å². The molecule has 6 nitrogen and oxygen atoms in total. The van der Waals surface area contributed by atoms with Gasteiger partial charge in [0.25, 0.3) is 0 Å². The van der Waals surface area contributed by atoms with E-state index >= 15 is 0 Å². The Morgan fingerprint density at radius 3 is 2.61 bits per heavy atom. The highest BCUT2D eigenvalue weighted by atomic mass is 32.2. The molecule has 0 amide bonds. The smallest absolute Gasteiger partial charge is 0.247 e. The topological polar surface area (TPSA) is 63.2 Å². The first kappa shape index (κ1) is 18.6. The summed E-state index contributed by atoms with van der Waals surface area (Å²) in [5.41, 5.74) is 4.72. The Labute approximate surface area is 169 Å². The number of ether oxygens (including phenoxy) is 1. The molecule has 0 aliphatic carbocycles. The van der Waals surface area contributed by atoms with E-state index in [-0.39, 0.29) is 6.23 Å². The summed E-state index contributed by atoms with van der Waals surface area (Å²) in [6.07, 6.45) is 0.691. The van der Waals surface area contributed by atoms with Crippen molar-refractivity contribution >= 4 is 23.1 Å². The van der Waals surface area contributed by atoms with Gasteiger partial charge in [-0.15, -0.1) is 10.2 Å². The second-order valence-corrected chi connectivity index (χ2v) is 7.83. The summed E-state index contributed by atoms with van der Waals surface area (Å²) in [5.74, 6) is 1.46. The van der Waals surface area contributed by atoms with Crippen molar-refractivity contribution in [1.82, 2.24) is 15.2 Å². The Kier molecular flexibility index (Phi) is 5.34. The maximum absolute atomic E-state index is 6.29. The lowest BCUT2D eigenvalue weighted by atomic mass is 10.1. The van der Waals surface area contributed by atoms with E-state index in [9.17, 15) is 0 Å². The predicted octanol–water partition coefficient (Wildman–Crippen LogP) is 4.61. The average molecular weight is 394 g/mol. The van der Waals surface area contributed by atoms with Gasteiger partial charge in [0.15, 0.2) is 11.9 Å². The number of benzene rings is 2. The van der Waals surface area contributed by atoms with Gasteiger partial charge in [-0.1, -0.05) is 49.0 Å². The zero-order valence-corrected chi connectivity index (χ0v) is 17.0. The van der Waals surface area contributed by atoms with E-state index in [1.165, 1.54) is 0 Å². The number of aromatic nitrogens is 3. The molecule has 7 heteroatoms. The van der Waals surface area contributed by atoms with E-state index in [2.05, 4.69) is 56.6 Å². The van der Waals surface area contributed by atoms with Gasteiger partial charge in [0.1, 0.15) is 0 Å². The second-order valence-electron chi connectivity index (χ2n) is 6.77. The predicted molar refractivity (Wildman–Crippen MR) is 114 cm³/mol. The van der Waals surface area contributed by atoms with Crippen molar-refractivity contribution in [2.45, 2.75) is 24.7 Å². The highest BCUT2D eigenvalue weighted by Gasteiger charge is 2.26. The molecule has 4 rings (SSSR count). The van der Waals surface area contributed by atoms with Gasteiger partial charge in [-0.2, -0.15) is 4.98 Å². The van der Waals surface area contributed by atoms with Crippen LogP contribution in [0, 0.1) is 0 Å². The molecule has 0 spiro atoms. The molecule has 0 radical (unpaired) electrons. The molecular formula is C21H23N5OS. The van der Waals surface area contributed by atoms with Crippen molar-refractivity contribution in [3.63, 3.8) is 0 Å². The van der Waals surface area contributed by atoms with Gasteiger partial charge in [-0.25, -0.2) is 0 Å². The fraction of sp³-hybridized carbons (Fsp3) is 0.286. The molecule has 1 N–H and O–H groups in total. The van der Waals surface area contributed by atoms with Gasteiger partial charge >= 0.3 is 0 Å². The third kappa shape index (κ3) is 3.75. The van der Waals surface area contributed by atoms with E-state index in [1.807, 2.05) is 38.4 Å². The van der Waals surface area contributed by atoms with Gasteiger partial charge in [0, 0.05) is 42.3 Å². The lowest BCUT2D eigenvalue weighted by Gasteiger charge is -2.20. The molecule has 2 aromatic carbocycles. The standard InChI is InChI=1S/C21H23N5OS/c1-4-13-28-21-23-20-18(24-25-21)16-7-5-6-8-17(16)22-19(27-20)14-9-11-15(12-10-14)26(2)3/h5-12,19,22H,4,13H2,1-3H3/t19-/m0/s1. The highest BCUT2D eigenvalue weighted by Crippen LogP contribution is 2.39. The summed E-state index contributed by atoms with van der Waals surface area (Å²) in [6, 6.07) is 16.3. The van der Waals surface area contributed by atoms with Gasteiger partial charge < -0.3 is 15.0 Å². The van der Waals surface area contributed by atoms with Gasteiger partial charge in [0.2, 0.25) is 11.0 Å². The Morgan fingerprint density at radius 1 is 1.07 bits per heavy atom. The van der Waals surface area contributed by atoms with Crippen molar-refractivity contribution in [3.05, 3.63) is 54.1 Å². The Hall–Kier alpha value is -2.80. The summed E-state index contributed by atoms with van der Waals surface area (Å²) < 4.78 is 6.29. The van der Waals surface area contributed by atoms with Crippen LogP contribution in [-0.2, 0) is 0 Å². The van der Waals surface area contributed by atoms with Crippen molar-refractivity contribution in [2.75, 3.05) is 30.1 Å². The van der Waals surface area contributed by atoms with Crippen LogP contribution in [0.1, 0.15) is 25.1 Å². The Bertz CT molecular complexity index is 961. The minimum Gasteiger partial charge on any atom is -0.448 e. The first-order valence-corrected chi connectivity index (χ1v) is 10.3. The molecule has 0 unspecified atom stereocenters. The first-order valence-electron chi connectivity index (χ1n) is 9.33. The summed E-state index contributed by atoms with van der Waals surface area (Å²) >= 11 is 1.59. The molecule has 0 fully saturated rings. The number of hydrogen-bond donors (Lipinski definition) is 1. The number of para-hydroxylation sites is 1. The SMILES string of the molecule is CCCSc1nnc2c(n1)O[C@@H](c1ccc(N(C)C)cc1)Nc1ccccc1-2. The normalized spacial score (nSPS) is 14.9. The quantitative estimate of drug-likeness (QED) is 0.635. The molecule has 0 bridgehead atoms. The number of hydrogen-bond acceptors (Lipinski definition) is 7. The largest absolute Gasteiger partial charge is 0.448 e. The number of nitrogens with one attached hydrogen (secondary N) is 1. The maximum Gasteiger partial charge on any atom is 0.247 e. The highest BCUT2D eigenvalue weighted by molar-refractivity contribution is 7.99. The molecule has 0 saturated heterocycles. The monoisotopic (exact) mass is 393 g/mol. The van der Waals surface area contributed by atoms with Crippen molar-refractivity contribution < 1.29 is 4.74 Å². The lowest BCUT2D eigenvalue weighted by molar-refractivity contribution is 0.225. The fourth-order valence-corrected chi connectivity index (χ4v) is 3.63. The summed E-state index contributed by atoms with van der Waals surface area (Å²) in [7, 11) is 4.06. The van der Waals surface area contributed by atoms with Crippen LogP contribution in [0.25, 0.3) is 11.3 Å². The molecule has 1 atom stereocenters. The van der Waals surface area contributed by atoms with E-state index in [0.29, 0.717) is 16.7 Å². The second kappa shape index (κ2) is 8.06. The fourth-order valence-electron chi connectivity index (χ4n) is 3.00. The van der Waals surface area contributed by atoms with E-state index in [1.54, 1.807) is 11.8 Å². The minimum atomic E-state index is -0.362. The molecule has 0 saturated carbocycles. The number of rotatable bonds is 5. The lowest BCUT2D eigenvalue weighted by Crippen LogP contribution is -2.17. The van der Waals surface area contributed by atoms with Crippen LogP contribution in [0.2, 0.25) is 0 Å². The van der Waals surface area contributed by atoms with Crippen molar-refractivity contribution in [1.29, 1.82) is 0 Å². The zero-order valence-electron chi connectivity index (χ0n) is 16.2. The number of thioether (sulfide) groups is 1. The van der Waals surface area contributed by atoms with Crippen LogP contribution in [0.15, 0.2) is 53.7 Å². The van der Waals surface area contributed by atoms with Crippen LogP contribution >= 0.6 is 11.8 Å². The number of fused-ring (bicyclic) bond motifs is 3. The summed E-state index contributed by atoms with van der Waals surface area (Å²) in [5, 5.41) is 12.8. The third-order valence-corrected chi connectivity index (χ3v) is 5.52. The average Bonchev–Trinajstić information content (AvgIpc) is 2.88. The third-order valence-electron chi connectivity index (χ3n) is 4.48. The molecule has 1 aliphatic rings. The first-order chi connectivity index (χ1) is 13.7. The summed E-state index contributed by atoms with van der Waals surface area (Å²) in [6.45, 7) is 2.13. The van der Waals surface area contributed by atoms with Gasteiger partial charge in [-0.3, -0.25) is 0 Å². The van der Waals surface area contributed by atoms with E-state index in [4.69, 9.17) is 4.74 Å².